The molecular formula is C12H18N4. The Morgan fingerprint density at radius 2 is 2.06 bits per heavy atom. The minimum absolute atomic E-state index is 0.904. The Kier molecular flexibility index (Phi) is 3.10. The number of piperazine rings is 1. The number of hydrogen-bond acceptors (Lipinski definition) is 3. The van der Waals surface area contributed by atoms with Crippen molar-refractivity contribution in [2.24, 2.45) is 4.99 Å². The van der Waals surface area contributed by atoms with Crippen molar-refractivity contribution in [2.75, 3.05) is 33.2 Å². The molecule has 1 aliphatic heterocycles. The lowest BCUT2D eigenvalue weighted by atomic mass is 10.3. The Labute approximate surface area is 95.6 Å². The summed E-state index contributed by atoms with van der Waals surface area (Å²) in [6, 6.07) is 2.00. The van der Waals surface area contributed by atoms with Gasteiger partial charge in [0.15, 0.2) is 0 Å². The van der Waals surface area contributed by atoms with Gasteiger partial charge >= 0.3 is 0 Å². The smallest absolute Gasteiger partial charge is 0.137 e. The van der Waals surface area contributed by atoms with Crippen LogP contribution in [0, 0.1) is 0 Å². The highest BCUT2D eigenvalue weighted by molar-refractivity contribution is 5.49. The number of rotatable bonds is 2. The van der Waals surface area contributed by atoms with E-state index in [1.807, 2.05) is 12.3 Å². The first kappa shape index (κ1) is 11.0. The molecule has 0 aliphatic carbocycles. The van der Waals surface area contributed by atoms with Gasteiger partial charge in [-0.2, -0.15) is 0 Å². The first-order valence-corrected chi connectivity index (χ1v) is 5.49. The molecule has 0 spiro atoms. The standard InChI is InChI=1S/C12H18N4/c1-10-11(4-5-14-10)12(13-2)16-8-6-15(3)7-9-16/h4-5,14H,1-2,6-9H2,3H3/b12-11+. The molecular weight excluding hydrogens is 200 g/mol. The van der Waals surface area contributed by atoms with Crippen molar-refractivity contribution < 1.29 is 0 Å². The average molecular weight is 218 g/mol. The summed E-state index contributed by atoms with van der Waals surface area (Å²) in [5, 5.41) is 1.96. The molecule has 0 unspecified atom stereocenters. The van der Waals surface area contributed by atoms with Crippen molar-refractivity contribution >= 4 is 19.1 Å². The van der Waals surface area contributed by atoms with Gasteiger partial charge in [-0.05, 0) is 19.8 Å². The Bertz CT molecular complexity index is 465. The van der Waals surface area contributed by atoms with Crippen molar-refractivity contribution in [3.8, 4) is 0 Å². The van der Waals surface area contributed by atoms with E-state index in [9.17, 15) is 0 Å². The third kappa shape index (κ3) is 2.02. The van der Waals surface area contributed by atoms with Crippen molar-refractivity contribution in [3.05, 3.63) is 22.8 Å². The van der Waals surface area contributed by atoms with Crippen molar-refractivity contribution in [1.29, 1.82) is 0 Å². The highest BCUT2D eigenvalue weighted by Gasteiger charge is 2.16. The minimum atomic E-state index is 0.904. The summed E-state index contributed by atoms with van der Waals surface area (Å²) in [5.41, 5.74) is 0. The minimum Gasteiger partial charge on any atom is -0.362 e. The highest BCUT2D eigenvalue weighted by atomic mass is 15.3. The molecule has 4 heteroatoms. The molecule has 1 saturated heterocycles. The van der Waals surface area contributed by atoms with Gasteiger partial charge in [0.2, 0.25) is 0 Å². The molecule has 1 N–H and O–H groups in total. The van der Waals surface area contributed by atoms with Gasteiger partial charge in [0.05, 0.1) is 0 Å². The third-order valence-corrected chi connectivity index (χ3v) is 3.03. The molecule has 0 atom stereocenters. The maximum atomic E-state index is 4.15. The topological polar surface area (TPSA) is 34.6 Å². The van der Waals surface area contributed by atoms with Crippen LogP contribution in [0.2, 0.25) is 0 Å². The van der Waals surface area contributed by atoms with Crippen molar-refractivity contribution in [2.45, 2.75) is 0 Å². The molecule has 4 nitrogen and oxygen atoms in total. The van der Waals surface area contributed by atoms with Crippen LogP contribution >= 0.6 is 0 Å². The monoisotopic (exact) mass is 218 g/mol. The van der Waals surface area contributed by atoms with E-state index in [4.69, 9.17) is 0 Å². The highest BCUT2D eigenvalue weighted by Crippen LogP contribution is 2.08. The summed E-state index contributed by atoms with van der Waals surface area (Å²) in [7, 11) is 2.14. The molecule has 1 aliphatic rings. The molecule has 2 heterocycles. The van der Waals surface area contributed by atoms with E-state index >= 15 is 0 Å². The second-order valence-electron chi connectivity index (χ2n) is 4.14. The molecule has 2 rings (SSSR count). The van der Waals surface area contributed by atoms with Gasteiger partial charge in [-0.3, -0.25) is 0 Å². The lowest BCUT2D eigenvalue weighted by Gasteiger charge is -2.33. The lowest BCUT2D eigenvalue weighted by molar-refractivity contribution is 0.204. The Morgan fingerprint density at radius 1 is 1.38 bits per heavy atom. The van der Waals surface area contributed by atoms with E-state index in [0.717, 1.165) is 42.6 Å². The summed E-state index contributed by atoms with van der Waals surface area (Å²) in [6.45, 7) is 11.7. The Balaban J connectivity index is 2.35. The first-order valence-electron chi connectivity index (χ1n) is 5.49. The molecule has 1 fully saturated rings. The second-order valence-corrected chi connectivity index (χ2v) is 4.14. The van der Waals surface area contributed by atoms with Gasteiger partial charge in [0, 0.05) is 42.9 Å². The van der Waals surface area contributed by atoms with E-state index < -0.39 is 0 Å². The van der Waals surface area contributed by atoms with Crippen molar-refractivity contribution in [1.82, 2.24) is 14.8 Å². The predicted octanol–water partition coefficient (Wildman–Crippen LogP) is -0.561. The summed E-state index contributed by atoms with van der Waals surface area (Å²) in [5.74, 6) is 0.944. The zero-order chi connectivity index (χ0) is 11.5. The van der Waals surface area contributed by atoms with Gasteiger partial charge in [0.1, 0.15) is 5.82 Å². The number of hydrogen-bond donors (Lipinski definition) is 1. The second kappa shape index (κ2) is 4.53. The number of H-pyrrole nitrogens is 1. The summed E-state index contributed by atoms with van der Waals surface area (Å²) >= 11 is 0. The van der Waals surface area contributed by atoms with E-state index in [-0.39, 0.29) is 0 Å². The normalized spacial score (nSPS) is 19.7. The summed E-state index contributed by atoms with van der Waals surface area (Å²) < 4.78 is 0. The van der Waals surface area contributed by atoms with Crippen LogP contribution in [0.3, 0.4) is 0 Å². The average Bonchev–Trinajstić information content (AvgIpc) is 2.69. The van der Waals surface area contributed by atoms with E-state index in [2.05, 4.69) is 40.1 Å². The van der Waals surface area contributed by atoms with Crippen molar-refractivity contribution in [3.63, 3.8) is 0 Å². The fourth-order valence-corrected chi connectivity index (χ4v) is 1.99. The Morgan fingerprint density at radius 3 is 2.56 bits per heavy atom. The zero-order valence-corrected chi connectivity index (χ0v) is 9.74. The maximum Gasteiger partial charge on any atom is 0.137 e. The van der Waals surface area contributed by atoms with Crippen LogP contribution in [0.25, 0.3) is 12.4 Å². The number of aromatic nitrogens is 1. The molecule has 1 aromatic rings. The molecule has 0 bridgehead atoms. The van der Waals surface area contributed by atoms with Crippen LogP contribution in [-0.4, -0.2) is 54.7 Å². The maximum absolute atomic E-state index is 4.15. The predicted molar refractivity (Wildman–Crippen MR) is 67.6 cm³/mol. The number of aromatic amines is 1. The lowest BCUT2D eigenvalue weighted by Crippen LogP contribution is -2.45. The Hall–Kier alpha value is -1.55. The number of likely N-dealkylation sites (N-methyl/N-ethyl adjacent to an activating group) is 1. The van der Waals surface area contributed by atoms with Gasteiger partial charge in [0.25, 0.3) is 0 Å². The van der Waals surface area contributed by atoms with Gasteiger partial charge < -0.3 is 14.8 Å². The van der Waals surface area contributed by atoms with Gasteiger partial charge in [-0.15, -0.1) is 0 Å². The van der Waals surface area contributed by atoms with Crippen LogP contribution < -0.4 is 10.6 Å². The molecule has 0 radical (unpaired) electrons. The van der Waals surface area contributed by atoms with E-state index in [1.165, 1.54) is 0 Å². The van der Waals surface area contributed by atoms with Crippen LogP contribution in [0.5, 0.6) is 0 Å². The van der Waals surface area contributed by atoms with Gasteiger partial charge in [-0.1, -0.05) is 6.58 Å². The number of nitrogens with one attached hydrogen (secondary N) is 1. The molecule has 16 heavy (non-hydrogen) atoms. The third-order valence-electron chi connectivity index (χ3n) is 3.03. The fourth-order valence-electron chi connectivity index (χ4n) is 1.99. The van der Waals surface area contributed by atoms with Crippen LogP contribution in [-0.2, 0) is 0 Å². The number of aliphatic imine (C=N–C) groups is 1. The largest absolute Gasteiger partial charge is 0.362 e. The molecule has 0 aromatic carbocycles. The molecule has 86 valence electrons. The summed E-state index contributed by atoms with van der Waals surface area (Å²) in [4.78, 5) is 11.8. The van der Waals surface area contributed by atoms with E-state index in [0.29, 0.717) is 0 Å². The quantitative estimate of drug-likeness (QED) is 0.675. The number of nitrogens with zero attached hydrogens (tertiary/aromatic N) is 3. The molecule has 1 aromatic heterocycles. The fraction of sp³-hybridized carbons (Fsp3) is 0.417. The first-order chi connectivity index (χ1) is 7.72. The molecule has 0 amide bonds. The zero-order valence-electron chi connectivity index (χ0n) is 9.74. The van der Waals surface area contributed by atoms with Crippen LogP contribution in [0.4, 0.5) is 0 Å². The van der Waals surface area contributed by atoms with E-state index in [1.54, 1.807) is 0 Å². The van der Waals surface area contributed by atoms with Gasteiger partial charge in [-0.25, -0.2) is 4.99 Å². The van der Waals surface area contributed by atoms with Crippen LogP contribution in [0.1, 0.15) is 0 Å². The summed E-state index contributed by atoms with van der Waals surface area (Å²) in [6.07, 6.45) is 1.89. The molecule has 0 saturated carbocycles. The van der Waals surface area contributed by atoms with Crippen LogP contribution in [0.15, 0.2) is 17.3 Å². The SMILES string of the molecule is C=N/C(=c1/cc[nH]c1=C)N1CCN(C)CC1.